The van der Waals surface area contributed by atoms with Crippen molar-refractivity contribution in [2.24, 2.45) is 0 Å². The van der Waals surface area contributed by atoms with E-state index in [2.05, 4.69) is 48.2 Å². The molecule has 0 spiro atoms. The molecule has 0 unspecified atom stereocenters. The number of thiazole rings is 1. The number of hydrogen-bond acceptors (Lipinski definition) is 5. The minimum absolute atomic E-state index is 0.0159. The second-order valence-electron chi connectivity index (χ2n) is 7.27. The Kier molecular flexibility index (Phi) is 7.17. The van der Waals surface area contributed by atoms with Gasteiger partial charge >= 0.3 is 0 Å². The second kappa shape index (κ2) is 10.0. The van der Waals surface area contributed by atoms with E-state index in [0.717, 1.165) is 53.5 Å². The van der Waals surface area contributed by atoms with Gasteiger partial charge in [0.1, 0.15) is 0 Å². The summed E-state index contributed by atoms with van der Waals surface area (Å²) < 4.78 is 1.03. The SMILES string of the molecule is O=C(CN1CCN(Cc2ccc(Cl)cc2)CC1)Nc1nc(-c2ccc(Br)cc2)cs1. The molecule has 2 heterocycles. The molecule has 1 amide bonds. The van der Waals surface area contributed by atoms with E-state index < -0.39 is 0 Å². The van der Waals surface area contributed by atoms with Crippen molar-refractivity contribution in [2.45, 2.75) is 6.54 Å². The van der Waals surface area contributed by atoms with Gasteiger partial charge in [0.2, 0.25) is 5.91 Å². The van der Waals surface area contributed by atoms with E-state index in [4.69, 9.17) is 11.6 Å². The fourth-order valence-corrected chi connectivity index (χ4v) is 4.53. The van der Waals surface area contributed by atoms with Gasteiger partial charge in [0, 0.05) is 53.2 Å². The van der Waals surface area contributed by atoms with Crippen LogP contribution in [0.15, 0.2) is 58.4 Å². The number of hydrogen-bond donors (Lipinski definition) is 1. The van der Waals surface area contributed by atoms with E-state index in [9.17, 15) is 4.79 Å². The number of aromatic nitrogens is 1. The van der Waals surface area contributed by atoms with Gasteiger partial charge in [-0.2, -0.15) is 0 Å². The molecule has 0 atom stereocenters. The Labute approximate surface area is 193 Å². The van der Waals surface area contributed by atoms with Crippen molar-refractivity contribution in [2.75, 3.05) is 38.0 Å². The summed E-state index contributed by atoms with van der Waals surface area (Å²) in [6.07, 6.45) is 0. The fraction of sp³-hybridized carbons (Fsp3) is 0.273. The lowest BCUT2D eigenvalue weighted by Crippen LogP contribution is -2.48. The molecule has 1 saturated heterocycles. The van der Waals surface area contributed by atoms with Crippen LogP contribution in [0, 0.1) is 0 Å². The van der Waals surface area contributed by atoms with Gasteiger partial charge in [0.05, 0.1) is 12.2 Å². The molecule has 1 aliphatic heterocycles. The fourth-order valence-electron chi connectivity index (χ4n) is 3.40. The predicted molar refractivity (Wildman–Crippen MR) is 127 cm³/mol. The van der Waals surface area contributed by atoms with Crippen molar-refractivity contribution in [1.82, 2.24) is 14.8 Å². The Hall–Kier alpha value is -1.77. The van der Waals surface area contributed by atoms with Crippen LogP contribution in [0.5, 0.6) is 0 Å². The maximum Gasteiger partial charge on any atom is 0.240 e. The molecule has 0 saturated carbocycles. The summed E-state index contributed by atoms with van der Waals surface area (Å²) in [4.78, 5) is 21.6. The Morgan fingerprint density at radius 2 is 1.70 bits per heavy atom. The van der Waals surface area contributed by atoms with Gasteiger partial charge in [0.15, 0.2) is 5.13 Å². The van der Waals surface area contributed by atoms with Gasteiger partial charge in [-0.1, -0.05) is 51.8 Å². The van der Waals surface area contributed by atoms with E-state index in [1.165, 1.54) is 16.9 Å². The van der Waals surface area contributed by atoms with Gasteiger partial charge in [0.25, 0.3) is 0 Å². The zero-order valence-electron chi connectivity index (χ0n) is 16.4. The number of benzene rings is 2. The van der Waals surface area contributed by atoms with Crippen molar-refractivity contribution in [3.05, 3.63) is 69.0 Å². The summed E-state index contributed by atoms with van der Waals surface area (Å²) in [5, 5.41) is 6.31. The Balaban J connectivity index is 1.23. The Morgan fingerprint density at radius 3 is 2.40 bits per heavy atom. The number of halogens is 2. The monoisotopic (exact) mass is 504 g/mol. The van der Waals surface area contributed by atoms with Crippen molar-refractivity contribution in [1.29, 1.82) is 0 Å². The van der Waals surface area contributed by atoms with Crippen LogP contribution in [0.3, 0.4) is 0 Å². The molecule has 30 heavy (non-hydrogen) atoms. The number of carbonyl (C=O) groups excluding carboxylic acids is 1. The number of rotatable bonds is 6. The Bertz CT molecular complexity index is 985. The predicted octanol–water partition coefficient (Wildman–Crippen LogP) is 4.98. The largest absolute Gasteiger partial charge is 0.301 e. The molecule has 2 aromatic carbocycles. The summed E-state index contributed by atoms with van der Waals surface area (Å²) in [6, 6.07) is 16.0. The average Bonchev–Trinajstić information content (AvgIpc) is 3.20. The maximum absolute atomic E-state index is 12.5. The van der Waals surface area contributed by atoms with Crippen molar-refractivity contribution < 1.29 is 4.79 Å². The van der Waals surface area contributed by atoms with Crippen LogP contribution in [-0.2, 0) is 11.3 Å². The third-order valence-electron chi connectivity index (χ3n) is 5.04. The highest BCUT2D eigenvalue weighted by molar-refractivity contribution is 9.10. The minimum Gasteiger partial charge on any atom is -0.301 e. The van der Waals surface area contributed by atoms with E-state index in [1.807, 2.05) is 41.8 Å². The molecule has 4 rings (SSSR count). The molecule has 0 radical (unpaired) electrons. The summed E-state index contributed by atoms with van der Waals surface area (Å²) >= 11 is 10.8. The van der Waals surface area contributed by atoms with E-state index >= 15 is 0 Å². The number of nitrogens with one attached hydrogen (secondary N) is 1. The quantitative estimate of drug-likeness (QED) is 0.513. The molecule has 1 aliphatic rings. The molecule has 5 nitrogen and oxygen atoms in total. The summed E-state index contributed by atoms with van der Waals surface area (Å²) in [5.41, 5.74) is 3.17. The summed E-state index contributed by atoms with van der Waals surface area (Å²) in [7, 11) is 0. The average molecular weight is 506 g/mol. The number of piperazine rings is 1. The van der Waals surface area contributed by atoms with Crippen molar-refractivity contribution >= 4 is 49.9 Å². The number of nitrogens with zero attached hydrogens (tertiary/aromatic N) is 3. The summed E-state index contributed by atoms with van der Waals surface area (Å²) in [6.45, 7) is 4.95. The highest BCUT2D eigenvalue weighted by atomic mass is 79.9. The van der Waals surface area contributed by atoms with Crippen LogP contribution in [0.25, 0.3) is 11.3 Å². The van der Waals surface area contributed by atoms with Crippen molar-refractivity contribution in [3.63, 3.8) is 0 Å². The number of carbonyl (C=O) groups is 1. The van der Waals surface area contributed by atoms with E-state index in [-0.39, 0.29) is 5.91 Å². The molecule has 1 aromatic heterocycles. The van der Waals surface area contributed by atoms with Crippen LogP contribution < -0.4 is 5.32 Å². The third-order valence-corrected chi connectivity index (χ3v) is 6.58. The Morgan fingerprint density at radius 1 is 1.03 bits per heavy atom. The standard InChI is InChI=1S/C22H22BrClN4OS/c23-18-5-3-17(4-6-18)20-15-30-22(25-20)26-21(29)14-28-11-9-27(10-12-28)13-16-1-7-19(24)8-2-16/h1-8,15H,9-14H2,(H,25,26,29). The van der Waals surface area contributed by atoms with Gasteiger partial charge in [-0.3, -0.25) is 14.6 Å². The molecule has 3 aromatic rings. The first-order valence-corrected chi connectivity index (χ1v) is 11.8. The van der Waals surface area contributed by atoms with Crippen LogP contribution in [-0.4, -0.2) is 53.4 Å². The molecule has 1 fully saturated rings. The van der Waals surface area contributed by atoms with Crippen LogP contribution >= 0.6 is 38.9 Å². The molecular formula is C22H22BrClN4OS. The molecular weight excluding hydrogens is 484 g/mol. The van der Waals surface area contributed by atoms with Crippen LogP contribution in [0.1, 0.15) is 5.56 Å². The summed E-state index contributed by atoms with van der Waals surface area (Å²) in [5.74, 6) is -0.0159. The molecule has 8 heteroatoms. The first-order valence-electron chi connectivity index (χ1n) is 9.76. The topological polar surface area (TPSA) is 48.5 Å². The van der Waals surface area contributed by atoms with E-state index in [1.54, 1.807) is 0 Å². The highest BCUT2D eigenvalue weighted by Crippen LogP contribution is 2.26. The molecule has 0 aliphatic carbocycles. The normalized spacial score (nSPS) is 15.3. The first-order chi connectivity index (χ1) is 14.5. The van der Waals surface area contributed by atoms with E-state index in [0.29, 0.717) is 11.7 Å². The zero-order chi connectivity index (χ0) is 20.9. The first kappa shape index (κ1) is 21.5. The highest BCUT2D eigenvalue weighted by Gasteiger charge is 2.19. The van der Waals surface area contributed by atoms with Crippen molar-refractivity contribution in [3.8, 4) is 11.3 Å². The number of anilines is 1. The molecule has 156 valence electrons. The maximum atomic E-state index is 12.5. The lowest BCUT2D eigenvalue weighted by molar-refractivity contribution is -0.117. The smallest absolute Gasteiger partial charge is 0.240 e. The van der Waals surface area contributed by atoms with Crippen LogP contribution in [0.2, 0.25) is 5.02 Å². The van der Waals surface area contributed by atoms with Gasteiger partial charge in [-0.25, -0.2) is 4.98 Å². The van der Waals surface area contributed by atoms with Gasteiger partial charge in [-0.15, -0.1) is 11.3 Å². The second-order valence-corrected chi connectivity index (χ2v) is 9.48. The zero-order valence-corrected chi connectivity index (χ0v) is 19.5. The molecule has 1 N–H and O–H groups in total. The molecule has 0 bridgehead atoms. The number of amides is 1. The van der Waals surface area contributed by atoms with Crippen LogP contribution in [0.4, 0.5) is 5.13 Å². The minimum atomic E-state index is -0.0159. The lowest BCUT2D eigenvalue weighted by atomic mass is 10.2. The van der Waals surface area contributed by atoms with Gasteiger partial charge < -0.3 is 5.32 Å². The third kappa shape index (κ3) is 5.89. The lowest BCUT2D eigenvalue weighted by Gasteiger charge is -2.34. The van der Waals surface area contributed by atoms with Gasteiger partial charge in [-0.05, 0) is 29.8 Å².